The third kappa shape index (κ3) is 11.7. The number of carbonyl (C=O) groups excluding carboxylic acids is 1. The van der Waals surface area contributed by atoms with Gasteiger partial charge in [0.25, 0.3) is 5.97 Å². The molecular weight excluding hydrogens is 251 g/mol. The molecule has 6 N–H and O–H groups in total. The van der Waals surface area contributed by atoms with E-state index in [1.54, 1.807) is 0 Å². The number of aliphatic hydroxyl groups excluding tert-OH is 5. The average molecular weight is 267 g/mol. The van der Waals surface area contributed by atoms with Gasteiger partial charge in [0.2, 0.25) is 0 Å². The van der Waals surface area contributed by atoms with Crippen LogP contribution in [0.3, 0.4) is 0 Å². The molecule has 4 unspecified atom stereocenters. The van der Waals surface area contributed by atoms with Crippen LogP contribution >= 0.6 is 0 Å². The summed E-state index contributed by atoms with van der Waals surface area (Å²) in [7, 11) is 0. The molecule has 4 atom stereocenters. The van der Waals surface area contributed by atoms with Crippen LogP contribution in [0.1, 0.15) is 6.92 Å². The molecule has 0 saturated heterocycles. The summed E-state index contributed by atoms with van der Waals surface area (Å²) in [5.74, 6) is -0.833. The Kier molecular flexibility index (Phi) is 15.3. The monoisotopic (exact) mass is 267 g/mol. The smallest absolute Gasteiger partial charge is 0.300 e. The highest BCUT2D eigenvalue weighted by Gasteiger charge is 2.29. The molecule has 0 bridgehead atoms. The Hall–Kier alpha value is -0.528. The second-order valence-electron chi connectivity index (χ2n) is 2.88. The number of hydrogen-bond acceptors (Lipinski definition) is 7. The van der Waals surface area contributed by atoms with Crippen molar-refractivity contribution in [1.29, 1.82) is 0 Å². The fourth-order valence-corrected chi connectivity index (χ4v) is 0.618. The van der Waals surface area contributed by atoms with Crippen molar-refractivity contribution in [3.8, 4) is 0 Å². The predicted octanol–water partition coefficient (Wildman–Crippen LogP) is -3.67. The molecule has 0 amide bonds. The number of aliphatic carboxylic acids is 1. The second-order valence-corrected chi connectivity index (χ2v) is 2.88. The van der Waals surface area contributed by atoms with E-state index in [0.717, 1.165) is 6.92 Å². The number of rotatable bonds is 5. The average Bonchev–Trinajstić information content (AvgIpc) is 2.24. The standard InChI is InChI=1S/C6H12O6.C2H4O2.Al/c7-1-3(9)5(11)6(12)4(10)2-8;1-2(3)4;/h1,3-6,8-12H,2H2;1H3,(H,3,4);. The van der Waals surface area contributed by atoms with E-state index >= 15 is 0 Å². The summed E-state index contributed by atoms with van der Waals surface area (Å²) < 4.78 is 0. The van der Waals surface area contributed by atoms with Crippen molar-refractivity contribution in [2.45, 2.75) is 31.3 Å². The lowest BCUT2D eigenvalue weighted by atomic mass is 10.0. The van der Waals surface area contributed by atoms with Crippen molar-refractivity contribution in [3.05, 3.63) is 0 Å². The maximum atomic E-state index is 9.90. The van der Waals surface area contributed by atoms with E-state index in [2.05, 4.69) is 0 Å². The fraction of sp³-hybridized carbons (Fsp3) is 0.750. The molecule has 0 heterocycles. The molecule has 0 saturated carbocycles. The van der Waals surface area contributed by atoms with Crippen molar-refractivity contribution < 1.29 is 40.2 Å². The van der Waals surface area contributed by atoms with Crippen molar-refractivity contribution >= 4 is 29.6 Å². The lowest BCUT2D eigenvalue weighted by Gasteiger charge is -2.22. The lowest BCUT2D eigenvalue weighted by Crippen LogP contribution is -2.46. The summed E-state index contributed by atoms with van der Waals surface area (Å²) in [5, 5.41) is 51.0. The zero-order valence-electron chi connectivity index (χ0n) is 9.17. The molecule has 0 rings (SSSR count). The number of hydrogen-bond donors (Lipinski definition) is 6. The zero-order valence-corrected chi connectivity index (χ0v) is 10.3. The third-order valence-corrected chi connectivity index (χ3v) is 1.42. The van der Waals surface area contributed by atoms with Crippen LogP contribution in [0.2, 0.25) is 0 Å². The minimum absolute atomic E-state index is 0. The van der Waals surface area contributed by atoms with Gasteiger partial charge in [-0.3, -0.25) is 4.79 Å². The van der Waals surface area contributed by atoms with Crippen LogP contribution in [0, 0.1) is 0 Å². The minimum Gasteiger partial charge on any atom is -0.481 e. The molecule has 99 valence electrons. The molecular formula is C8H16AlO8. The van der Waals surface area contributed by atoms with E-state index in [9.17, 15) is 4.79 Å². The topological polar surface area (TPSA) is 156 Å². The Morgan fingerprint density at radius 3 is 1.76 bits per heavy atom. The second kappa shape index (κ2) is 11.9. The van der Waals surface area contributed by atoms with Gasteiger partial charge in [-0.2, -0.15) is 0 Å². The number of carbonyl (C=O) groups is 2. The number of aliphatic hydroxyl groups is 5. The molecule has 0 aromatic heterocycles. The van der Waals surface area contributed by atoms with Gasteiger partial charge in [0.05, 0.1) is 6.61 Å². The van der Waals surface area contributed by atoms with Gasteiger partial charge in [-0.05, 0) is 0 Å². The summed E-state index contributed by atoms with van der Waals surface area (Å²) in [6, 6.07) is 0. The largest absolute Gasteiger partial charge is 0.481 e. The van der Waals surface area contributed by atoms with Crippen LogP contribution in [-0.2, 0) is 9.59 Å². The van der Waals surface area contributed by atoms with Crippen LogP contribution in [0.4, 0.5) is 0 Å². The van der Waals surface area contributed by atoms with Gasteiger partial charge >= 0.3 is 0 Å². The fourth-order valence-electron chi connectivity index (χ4n) is 0.618. The van der Waals surface area contributed by atoms with E-state index in [4.69, 9.17) is 35.4 Å². The maximum Gasteiger partial charge on any atom is 0.300 e. The number of carboxylic acid groups (broad SMARTS) is 1. The summed E-state index contributed by atoms with van der Waals surface area (Å²) in [5.41, 5.74) is 0. The highest BCUT2D eigenvalue weighted by atomic mass is 27.0. The molecule has 9 heteroatoms. The van der Waals surface area contributed by atoms with E-state index in [1.807, 2.05) is 0 Å². The summed E-state index contributed by atoms with van der Waals surface area (Å²) in [6.07, 6.45) is -6.84. The van der Waals surface area contributed by atoms with E-state index in [-0.39, 0.29) is 23.6 Å². The Bertz CT molecular complexity index is 208. The quantitative estimate of drug-likeness (QED) is 0.220. The number of aldehydes is 1. The molecule has 0 spiro atoms. The van der Waals surface area contributed by atoms with Gasteiger partial charge in [0, 0.05) is 24.3 Å². The van der Waals surface area contributed by atoms with Crippen molar-refractivity contribution in [1.82, 2.24) is 0 Å². The molecule has 17 heavy (non-hydrogen) atoms. The van der Waals surface area contributed by atoms with Crippen LogP contribution < -0.4 is 0 Å². The van der Waals surface area contributed by atoms with Gasteiger partial charge in [0.15, 0.2) is 6.29 Å². The lowest BCUT2D eigenvalue weighted by molar-refractivity contribution is -0.136. The van der Waals surface area contributed by atoms with E-state index in [0.29, 0.717) is 0 Å². The Morgan fingerprint density at radius 2 is 1.53 bits per heavy atom. The number of carboxylic acids is 1. The Labute approximate surface area is 108 Å². The predicted molar refractivity (Wildman–Crippen MR) is 56.2 cm³/mol. The third-order valence-electron chi connectivity index (χ3n) is 1.42. The van der Waals surface area contributed by atoms with Crippen molar-refractivity contribution in [2.24, 2.45) is 0 Å². The van der Waals surface area contributed by atoms with Crippen molar-refractivity contribution in [3.63, 3.8) is 0 Å². The molecule has 0 aliphatic heterocycles. The summed E-state index contributed by atoms with van der Waals surface area (Å²) in [6.45, 7) is 0.323. The first-order chi connectivity index (χ1) is 7.27. The summed E-state index contributed by atoms with van der Waals surface area (Å²) >= 11 is 0. The highest BCUT2D eigenvalue weighted by Crippen LogP contribution is 2.02. The Morgan fingerprint density at radius 1 is 1.18 bits per heavy atom. The van der Waals surface area contributed by atoms with Gasteiger partial charge in [-0.1, -0.05) is 0 Å². The molecule has 8 nitrogen and oxygen atoms in total. The molecule has 0 aliphatic carbocycles. The van der Waals surface area contributed by atoms with Crippen LogP contribution in [0.25, 0.3) is 0 Å². The van der Waals surface area contributed by atoms with Gasteiger partial charge in [0.1, 0.15) is 24.4 Å². The molecule has 0 aromatic rings. The normalized spacial score (nSPS) is 16.4. The Balaban J connectivity index is -0.000000340. The molecule has 3 radical (unpaired) electrons. The van der Waals surface area contributed by atoms with E-state index < -0.39 is 37.0 Å². The SMILES string of the molecule is CC(=O)O.O=CC(O)C(O)C(O)C(O)CO.[Al]. The first kappa shape index (κ1) is 21.7. The maximum absolute atomic E-state index is 9.90. The van der Waals surface area contributed by atoms with Gasteiger partial charge in [-0.15, -0.1) is 0 Å². The van der Waals surface area contributed by atoms with Crippen LogP contribution in [0.5, 0.6) is 0 Å². The minimum atomic E-state index is -1.79. The molecule has 0 aliphatic rings. The van der Waals surface area contributed by atoms with E-state index in [1.165, 1.54) is 0 Å². The molecule has 0 aromatic carbocycles. The van der Waals surface area contributed by atoms with Gasteiger partial charge < -0.3 is 35.4 Å². The van der Waals surface area contributed by atoms with Crippen molar-refractivity contribution in [2.75, 3.05) is 6.61 Å². The van der Waals surface area contributed by atoms with Crippen LogP contribution in [0.15, 0.2) is 0 Å². The molecule has 0 fully saturated rings. The van der Waals surface area contributed by atoms with Crippen LogP contribution in [-0.4, -0.2) is 91.3 Å². The first-order valence-electron chi connectivity index (χ1n) is 4.25. The van der Waals surface area contributed by atoms with Gasteiger partial charge in [-0.25, -0.2) is 0 Å². The summed E-state index contributed by atoms with van der Waals surface area (Å²) in [4.78, 5) is 18.9. The zero-order chi connectivity index (χ0) is 13.3. The highest BCUT2D eigenvalue weighted by molar-refractivity contribution is 5.75. The first-order valence-corrected chi connectivity index (χ1v) is 4.25.